The highest BCUT2D eigenvalue weighted by atomic mass is 16.5. The standard InChI is InChI=1S/C15H19N3O2/c1-19-12-4-2-3-11(9-12)13-14(17-18-15(13)16)10-5-7-20-8-6-10/h2-4,9-10H,5-8H2,1H3,(H3,16,17,18). The topological polar surface area (TPSA) is 73.2 Å². The lowest BCUT2D eigenvalue weighted by Gasteiger charge is -2.22. The third-order valence-corrected chi connectivity index (χ3v) is 3.81. The van der Waals surface area contributed by atoms with Gasteiger partial charge in [0.25, 0.3) is 0 Å². The highest BCUT2D eigenvalue weighted by Gasteiger charge is 2.23. The largest absolute Gasteiger partial charge is 0.497 e. The van der Waals surface area contributed by atoms with E-state index in [9.17, 15) is 0 Å². The Hall–Kier alpha value is -2.01. The molecule has 20 heavy (non-hydrogen) atoms. The van der Waals surface area contributed by atoms with Crippen LogP contribution in [0.15, 0.2) is 24.3 Å². The molecule has 0 bridgehead atoms. The number of nitrogens with zero attached hydrogens (tertiary/aromatic N) is 1. The van der Waals surface area contributed by atoms with E-state index >= 15 is 0 Å². The lowest BCUT2D eigenvalue weighted by atomic mass is 9.91. The van der Waals surface area contributed by atoms with E-state index in [1.807, 2.05) is 24.3 Å². The molecule has 1 fully saturated rings. The molecule has 2 aromatic rings. The molecule has 0 atom stereocenters. The van der Waals surface area contributed by atoms with Crippen molar-refractivity contribution in [2.45, 2.75) is 18.8 Å². The maximum Gasteiger partial charge on any atom is 0.153 e. The molecule has 5 heteroatoms. The number of nitrogen functional groups attached to an aromatic ring is 1. The van der Waals surface area contributed by atoms with Crippen LogP contribution < -0.4 is 10.5 Å². The van der Waals surface area contributed by atoms with Gasteiger partial charge >= 0.3 is 0 Å². The second-order valence-corrected chi connectivity index (χ2v) is 5.02. The Labute approximate surface area is 118 Å². The normalized spacial score (nSPS) is 16.2. The van der Waals surface area contributed by atoms with Gasteiger partial charge in [-0.05, 0) is 30.5 Å². The van der Waals surface area contributed by atoms with E-state index in [4.69, 9.17) is 15.2 Å². The summed E-state index contributed by atoms with van der Waals surface area (Å²) in [7, 11) is 1.66. The molecule has 0 saturated carbocycles. The number of methoxy groups -OCH3 is 1. The van der Waals surface area contributed by atoms with E-state index in [0.29, 0.717) is 11.7 Å². The highest BCUT2D eigenvalue weighted by molar-refractivity contribution is 5.77. The predicted octanol–water partition coefficient (Wildman–Crippen LogP) is 2.56. The van der Waals surface area contributed by atoms with Crippen molar-refractivity contribution < 1.29 is 9.47 Å². The second kappa shape index (κ2) is 5.54. The monoisotopic (exact) mass is 273 g/mol. The third kappa shape index (κ3) is 2.36. The van der Waals surface area contributed by atoms with Gasteiger partial charge < -0.3 is 15.2 Å². The summed E-state index contributed by atoms with van der Waals surface area (Å²) in [5.74, 6) is 1.79. The second-order valence-electron chi connectivity index (χ2n) is 5.02. The van der Waals surface area contributed by atoms with Crippen molar-refractivity contribution in [3.05, 3.63) is 30.0 Å². The number of ether oxygens (including phenoxy) is 2. The van der Waals surface area contributed by atoms with Crippen molar-refractivity contribution in [3.63, 3.8) is 0 Å². The molecule has 1 aliphatic rings. The molecule has 0 aliphatic carbocycles. The maximum absolute atomic E-state index is 6.06. The van der Waals surface area contributed by atoms with Crippen molar-refractivity contribution in [2.75, 3.05) is 26.1 Å². The van der Waals surface area contributed by atoms with Crippen molar-refractivity contribution in [1.82, 2.24) is 10.2 Å². The number of hydrogen-bond donors (Lipinski definition) is 2. The maximum atomic E-state index is 6.06. The van der Waals surface area contributed by atoms with E-state index in [2.05, 4.69) is 10.2 Å². The lowest BCUT2D eigenvalue weighted by molar-refractivity contribution is 0.0846. The number of nitrogens with two attached hydrogens (primary N) is 1. The molecule has 2 heterocycles. The number of aromatic nitrogens is 2. The zero-order chi connectivity index (χ0) is 13.9. The summed E-state index contributed by atoms with van der Waals surface area (Å²) in [6, 6.07) is 7.92. The smallest absolute Gasteiger partial charge is 0.153 e. The first-order chi connectivity index (χ1) is 9.79. The summed E-state index contributed by atoms with van der Waals surface area (Å²) in [6.07, 6.45) is 2.00. The van der Waals surface area contributed by atoms with E-state index < -0.39 is 0 Å². The van der Waals surface area contributed by atoms with Crippen LogP contribution in [0.3, 0.4) is 0 Å². The number of anilines is 1. The fourth-order valence-electron chi connectivity index (χ4n) is 2.73. The summed E-state index contributed by atoms with van der Waals surface area (Å²) in [4.78, 5) is 0. The molecule has 1 aromatic carbocycles. The minimum absolute atomic E-state index is 0.426. The van der Waals surface area contributed by atoms with Gasteiger partial charge in [-0.1, -0.05) is 12.1 Å². The number of aromatic amines is 1. The fourth-order valence-corrected chi connectivity index (χ4v) is 2.73. The first kappa shape index (κ1) is 13.0. The molecular formula is C15H19N3O2. The SMILES string of the molecule is COc1cccc(-c2c(N)n[nH]c2C2CCOCC2)c1. The predicted molar refractivity (Wildman–Crippen MR) is 77.8 cm³/mol. The van der Waals surface area contributed by atoms with E-state index in [1.165, 1.54) is 0 Å². The van der Waals surface area contributed by atoms with Crippen LogP contribution in [-0.2, 0) is 4.74 Å². The lowest BCUT2D eigenvalue weighted by Crippen LogP contribution is -2.15. The Balaban J connectivity index is 2.01. The van der Waals surface area contributed by atoms with Gasteiger partial charge in [-0.2, -0.15) is 5.10 Å². The van der Waals surface area contributed by atoms with Gasteiger partial charge in [0, 0.05) is 30.4 Å². The Morgan fingerprint density at radius 1 is 1.35 bits per heavy atom. The molecule has 5 nitrogen and oxygen atoms in total. The van der Waals surface area contributed by atoms with Crippen LogP contribution >= 0.6 is 0 Å². The minimum Gasteiger partial charge on any atom is -0.497 e. The molecule has 1 aromatic heterocycles. The van der Waals surface area contributed by atoms with Crippen LogP contribution in [0.5, 0.6) is 5.75 Å². The number of benzene rings is 1. The van der Waals surface area contributed by atoms with Crippen molar-refractivity contribution >= 4 is 5.82 Å². The highest BCUT2D eigenvalue weighted by Crippen LogP contribution is 2.37. The number of rotatable bonds is 3. The molecule has 1 saturated heterocycles. The zero-order valence-corrected chi connectivity index (χ0v) is 11.6. The zero-order valence-electron chi connectivity index (χ0n) is 11.6. The van der Waals surface area contributed by atoms with Crippen LogP contribution in [0.2, 0.25) is 0 Å². The van der Waals surface area contributed by atoms with Gasteiger partial charge in [0.1, 0.15) is 5.75 Å². The van der Waals surface area contributed by atoms with Crippen molar-refractivity contribution in [2.24, 2.45) is 0 Å². The average molecular weight is 273 g/mol. The average Bonchev–Trinajstić information content (AvgIpc) is 2.90. The number of hydrogen-bond acceptors (Lipinski definition) is 4. The van der Waals surface area contributed by atoms with Gasteiger partial charge in [0.15, 0.2) is 5.82 Å². The van der Waals surface area contributed by atoms with E-state index in [-0.39, 0.29) is 0 Å². The summed E-state index contributed by atoms with van der Waals surface area (Å²) < 4.78 is 10.7. The molecule has 3 rings (SSSR count). The summed E-state index contributed by atoms with van der Waals surface area (Å²) in [6.45, 7) is 1.59. The third-order valence-electron chi connectivity index (χ3n) is 3.81. The van der Waals surface area contributed by atoms with Crippen molar-refractivity contribution in [1.29, 1.82) is 0 Å². The molecule has 0 amide bonds. The van der Waals surface area contributed by atoms with Gasteiger partial charge in [0.05, 0.1) is 7.11 Å². The Morgan fingerprint density at radius 3 is 2.90 bits per heavy atom. The molecule has 1 aliphatic heterocycles. The van der Waals surface area contributed by atoms with Crippen LogP contribution in [0, 0.1) is 0 Å². The first-order valence-corrected chi connectivity index (χ1v) is 6.85. The molecular weight excluding hydrogens is 254 g/mol. The van der Waals surface area contributed by atoms with Gasteiger partial charge in [-0.3, -0.25) is 5.10 Å². The van der Waals surface area contributed by atoms with E-state index in [1.54, 1.807) is 7.11 Å². The Bertz CT molecular complexity index is 589. The van der Waals surface area contributed by atoms with Gasteiger partial charge in [-0.15, -0.1) is 0 Å². The van der Waals surface area contributed by atoms with Crippen molar-refractivity contribution in [3.8, 4) is 16.9 Å². The Morgan fingerprint density at radius 2 is 2.15 bits per heavy atom. The summed E-state index contributed by atoms with van der Waals surface area (Å²) in [5.41, 5.74) is 9.20. The summed E-state index contributed by atoms with van der Waals surface area (Å²) in [5, 5.41) is 7.30. The van der Waals surface area contributed by atoms with Gasteiger partial charge in [0.2, 0.25) is 0 Å². The molecule has 3 N–H and O–H groups in total. The van der Waals surface area contributed by atoms with Crippen LogP contribution in [0.4, 0.5) is 5.82 Å². The molecule has 0 spiro atoms. The van der Waals surface area contributed by atoms with E-state index in [0.717, 1.165) is 48.6 Å². The van der Waals surface area contributed by atoms with Crippen LogP contribution in [0.1, 0.15) is 24.5 Å². The quantitative estimate of drug-likeness (QED) is 0.901. The number of nitrogens with one attached hydrogen (secondary N) is 1. The van der Waals surface area contributed by atoms with Gasteiger partial charge in [-0.25, -0.2) is 0 Å². The fraction of sp³-hybridized carbons (Fsp3) is 0.400. The number of H-pyrrole nitrogens is 1. The summed E-state index contributed by atoms with van der Waals surface area (Å²) >= 11 is 0. The first-order valence-electron chi connectivity index (χ1n) is 6.85. The molecule has 0 radical (unpaired) electrons. The minimum atomic E-state index is 0.426. The Kier molecular flexibility index (Phi) is 3.60. The molecule has 0 unspecified atom stereocenters. The van der Waals surface area contributed by atoms with Crippen LogP contribution in [-0.4, -0.2) is 30.5 Å². The van der Waals surface area contributed by atoms with Crippen LogP contribution in [0.25, 0.3) is 11.1 Å². The molecule has 106 valence electrons.